The normalized spacial score (nSPS) is 9.87. The van der Waals surface area contributed by atoms with Crippen LogP contribution in [-0.4, -0.2) is 5.91 Å². The molecule has 0 radical (unpaired) electrons. The van der Waals surface area contributed by atoms with Crippen LogP contribution in [0, 0.1) is 11.3 Å². The van der Waals surface area contributed by atoms with E-state index in [-0.39, 0.29) is 5.91 Å². The summed E-state index contributed by atoms with van der Waals surface area (Å²) < 4.78 is 0. The predicted molar refractivity (Wildman–Crippen MR) is 91.0 cm³/mol. The number of anilines is 1. The number of nitrogens with one attached hydrogen (secondary N) is 1. The van der Waals surface area contributed by atoms with Gasteiger partial charge >= 0.3 is 0 Å². The van der Waals surface area contributed by atoms with Gasteiger partial charge in [0, 0.05) is 16.8 Å². The zero-order valence-electron chi connectivity index (χ0n) is 12.4. The summed E-state index contributed by atoms with van der Waals surface area (Å²) in [4.78, 5) is 12.4. The van der Waals surface area contributed by atoms with Gasteiger partial charge in [-0.2, -0.15) is 5.26 Å². The van der Waals surface area contributed by atoms with Gasteiger partial charge in [-0.1, -0.05) is 54.6 Å². The summed E-state index contributed by atoms with van der Waals surface area (Å²) in [6.07, 6.45) is 0. The molecule has 0 heterocycles. The van der Waals surface area contributed by atoms with E-state index in [0.29, 0.717) is 11.1 Å². The standard InChI is InChI=1S/C20H14N2O/c21-14-15-7-6-10-17(13-15)20(23)22-19-12-5-4-11-18(19)16-8-2-1-3-9-16/h1-13H,(H,22,23). The van der Waals surface area contributed by atoms with Crippen LogP contribution in [0.3, 0.4) is 0 Å². The lowest BCUT2D eigenvalue weighted by atomic mass is 10.0. The summed E-state index contributed by atoms with van der Waals surface area (Å²) in [6.45, 7) is 0. The van der Waals surface area contributed by atoms with Crippen LogP contribution in [-0.2, 0) is 0 Å². The first-order chi connectivity index (χ1) is 11.3. The smallest absolute Gasteiger partial charge is 0.255 e. The number of hydrogen-bond donors (Lipinski definition) is 1. The first kappa shape index (κ1) is 14.6. The summed E-state index contributed by atoms with van der Waals surface area (Å²) in [6, 6.07) is 26.2. The van der Waals surface area contributed by atoms with Crippen molar-refractivity contribution in [1.82, 2.24) is 0 Å². The molecule has 0 aliphatic rings. The fourth-order valence-corrected chi connectivity index (χ4v) is 2.39. The Kier molecular flexibility index (Phi) is 4.17. The number of nitrogens with zero attached hydrogens (tertiary/aromatic N) is 1. The van der Waals surface area contributed by atoms with Gasteiger partial charge in [-0.05, 0) is 29.8 Å². The summed E-state index contributed by atoms with van der Waals surface area (Å²) >= 11 is 0. The SMILES string of the molecule is N#Cc1cccc(C(=O)Nc2ccccc2-c2ccccc2)c1. The molecule has 3 rings (SSSR count). The van der Waals surface area contributed by atoms with Gasteiger partial charge < -0.3 is 5.32 Å². The third-order valence-electron chi connectivity index (χ3n) is 3.51. The fourth-order valence-electron chi connectivity index (χ4n) is 2.39. The highest BCUT2D eigenvalue weighted by molar-refractivity contribution is 6.06. The molecule has 0 aromatic heterocycles. The van der Waals surface area contributed by atoms with Crippen LogP contribution in [0.15, 0.2) is 78.9 Å². The Morgan fingerprint density at radius 1 is 0.870 bits per heavy atom. The molecule has 110 valence electrons. The summed E-state index contributed by atoms with van der Waals surface area (Å²) in [7, 11) is 0. The molecule has 0 aliphatic carbocycles. The molecular formula is C20H14N2O. The first-order valence-electron chi connectivity index (χ1n) is 7.24. The molecule has 0 unspecified atom stereocenters. The van der Waals surface area contributed by atoms with Crippen molar-refractivity contribution >= 4 is 11.6 Å². The molecular weight excluding hydrogens is 284 g/mol. The number of carbonyl (C=O) groups is 1. The predicted octanol–water partition coefficient (Wildman–Crippen LogP) is 4.48. The molecule has 0 atom stereocenters. The van der Waals surface area contributed by atoms with Crippen molar-refractivity contribution in [2.75, 3.05) is 5.32 Å². The average Bonchev–Trinajstić information content (AvgIpc) is 2.63. The van der Waals surface area contributed by atoms with Gasteiger partial charge in [0.05, 0.1) is 11.6 Å². The van der Waals surface area contributed by atoms with E-state index in [4.69, 9.17) is 5.26 Å². The number of para-hydroxylation sites is 1. The number of amides is 1. The van der Waals surface area contributed by atoms with Crippen molar-refractivity contribution in [1.29, 1.82) is 5.26 Å². The largest absolute Gasteiger partial charge is 0.321 e. The number of benzene rings is 3. The summed E-state index contributed by atoms with van der Waals surface area (Å²) in [5, 5.41) is 11.9. The van der Waals surface area contributed by atoms with Crippen molar-refractivity contribution in [3.63, 3.8) is 0 Å². The monoisotopic (exact) mass is 298 g/mol. The van der Waals surface area contributed by atoms with E-state index < -0.39 is 0 Å². The molecule has 0 bridgehead atoms. The Bertz CT molecular complexity index is 879. The molecule has 0 saturated heterocycles. The van der Waals surface area contributed by atoms with Gasteiger partial charge in [-0.3, -0.25) is 4.79 Å². The highest BCUT2D eigenvalue weighted by atomic mass is 16.1. The van der Waals surface area contributed by atoms with E-state index >= 15 is 0 Å². The maximum Gasteiger partial charge on any atom is 0.255 e. The molecule has 3 heteroatoms. The Hall–Kier alpha value is -3.38. The van der Waals surface area contributed by atoms with E-state index in [9.17, 15) is 4.79 Å². The molecule has 3 aromatic carbocycles. The molecule has 3 nitrogen and oxygen atoms in total. The van der Waals surface area contributed by atoms with Crippen LogP contribution < -0.4 is 5.32 Å². The number of hydrogen-bond acceptors (Lipinski definition) is 2. The van der Waals surface area contributed by atoms with Gasteiger partial charge in [0.15, 0.2) is 0 Å². The molecule has 1 amide bonds. The van der Waals surface area contributed by atoms with Crippen LogP contribution in [0.2, 0.25) is 0 Å². The average molecular weight is 298 g/mol. The minimum Gasteiger partial charge on any atom is -0.321 e. The number of nitriles is 1. The summed E-state index contributed by atoms with van der Waals surface area (Å²) in [5.74, 6) is -0.231. The lowest BCUT2D eigenvalue weighted by Crippen LogP contribution is -2.12. The Labute approximate surface area is 134 Å². The van der Waals surface area contributed by atoms with Crippen LogP contribution in [0.1, 0.15) is 15.9 Å². The summed E-state index contributed by atoms with van der Waals surface area (Å²) in [5.41, 5.74) is 3.67. The Morgan fingerprint density at radius 2 is 1.61 bits per heavy atom. The quantitative estimate of drug-likeness (QED) is 0.775. The van der Waals surface area contributed by atoms with Gasteiger partial charge in [-0.25, -0.2) is 0 Å². The molecule has 0 fully saturated rings. The van der Waals surface area contributed by atoms with Gasteiger partial charge in [0.25, 0.3) is 5.91 Å². The van der Waals surface area contributed by atoms with Crippen molar-refractivity contribution in [3.8, 4) is 17.2 Å². The van der Waals surface area contributed by atoms with E-state index in [1.165, 1.54) is 0 Å². The minimum atomic E-state index is -0.231. The van der Waals surface area contributed by atoms with Crippen molar-refractivity contribution in [2.24, 2.45) is 0 Å². The molecule has 1 N–H and O–H groups in total. The van der Waals surface area contributed by atoms with E-state index in [2.05, 4.69) is 5.32 Å². The van der Waals surface area contributed by atoms with E-state index in [0.717, 1.165) is 16.8 Å². The van der Waals surface area contributed by atoms with Crippen LogP contribution in [0.4, 0.5) is 5.69 Å². The number of rotatable bonds is 3. The maximum absolute atomic E-state index is 12.4. The van der Waals surface area contributed by atoms with Gasteiger partial charge in [0.1, 0.15) is 0 Å². The molecule has 23 heavy (non-hydrogen) atoms. The molecule has 3 aromatic rings. The zero-order chi connectivity index (χ0) is 16.1. The Morgan fingerprint density at radius 3 is 2.39 bits per heavy atom. The zero-order valence-corrected chi connectivity index (χ0v) is 12.4. The van der Waals surface area contributed by atoms with Crippen molar-refractivity contribution in [3.05, 3.63) is 90.0 Å². The third-order valence-corrected chi connectivity index (χ3v) is 3.51. The second-order valence-electron chi connectivity index (χ2n) is 5.06. The van der Waals surface area contributed by atoms with Crippen molar-refractivity contribution in [2.45, 2.75) is 0 Å². The molecule has 0 saturated carbocycles. The molecule has 0 spiro atoms. The lowest BCUT2D eigenvalue weighted by molar-refractivity contribution is 0.102. The highest BCUT2D eigenvalue weighted by Crippen LogP contribution is 2.27. The van der Waals surface area contributed by atoms with Gasteiger partial charge in [-0.15, -0.1) is 0 Å². The molecule has 0 aliphatic heterocycles. The van der Waals surface area contributed by atoms with Crippen LogP contribution in [0.5, 0.6) is 0 Å². The minimum absolute atomic E-state index is 0.231. The lowest BCUT2D eigenvalue weighted by Gasteiger charge is -2.11. The van der Waals surface area contributed by atoms with Crippen LogP contribution >= 0.6 is 0 Å². The van der Waals surface area contributed by atoms with Crippen LogP contribution in [0.25, 0.3) is 11.1 Å². The van der Waals surface area contributed by atoms with E-state index in [1.807, 2.05) is 60.7 Å². The second-order valence-corrected chi connectivity index (χ2v) is 5.06. The fraction of sp³-hybridized carbons (Fsp3) is 0. The third kappa shape index (κ3) is 3.28. The first-order valence-corrected chi connectivity index (χ1v) is 7.24. The second kappa shape index (κ2) is 6.59. The maximum atomic E-state index is 12.4. The number of carbonyl (C=O) groups excluding carboxylic acids is 1. The Balaban J connectivity index is 1.92. The van der Waals surface area contributed by atoms with Gasteiger partial charge in [0.2, 0.25) is 0 Å². The highest BCUT2D eigenvalue weighted by Gasteiger charge is 2.10. The topological polar surface area (TPSA) is 52.9 Å². The van der Waals surface area contributed by atoms with E-state index in [1.54, 1.807) is 24.3 Å². The van der Waals surface area contributed by atoms with Crippen molar-refractivity contribution < 1.29 is 4.79 Å².